The molecule has 1 atom stereocenters. The lowest BCUT2D eigenvalue weighted by Crippen LogP contribution is -2.44. The lowest BCUT2D eigenvalue weighted by molar-refractivity contribution is 0.187. The van der Waals surface area contributed by atoms with Gasteiger partial charge >= 0.3 is 0 Å². The van der Waals surface area contributed by atoms with E-state index in [0.29, 0.717) is 0 Å². The van der Waals surface area contributed by atoms with Gasteiger partial charge in [0.2, 0.25) is 0 Å². The van der Waals surface area contributed by atoms with Crippen molar-refractivity contribution in [3.8, 4) is 0 Å². The molecule has 0 bridgehead atoms. The van der Waals surface area contributed by atoms with Gasteiger partial charge in [0.1, 0.15) is 0 Å². The summed E-state index contributed by atoms with van der Waals surface area (Å²) in [5.41, 5.74) is 10.6. The van der Waals surface area contributed by atoms with Crippen molar-refractivity contribution < 1.29 is 0 Å². The Bertz CT molecular complexity index is 675. The first kappa shape index (κ1) is 14.2. The van der Waals surface area contributed by atoms with Gasteiger partial charge < -0.3 is 10.6 Å². The Balaban J connectivity index is 1.52. The van der Waals surface area contributed by atoms with E-state index < -0.39 is 0 Å². The predicted molar refractivity (Wildman–Crippen MR) is 92.9 cm³/mol. The molecule has 1 aliphatic heterocycles. The molecule has 2 aromatic rings. The van der Waals surface area contributed by atoms with E-state index in [1.165, 1.54) is 16.9 Å². The molecular formula is C18H20BrN3. The van der Waals surface area contributed by atoms with Gasteiger partial charge in [-0.25, -0.2) is 0 Å². The van der Waals surface area contributed by atoms with Gasteiger partial charge in [0.05, 0.1) is 0 Å². The Morgan fingerprint density at radius 3 is 2.55 bits per heavy atom. The summed E-state index contributed by atoms with van der Waals surface area (Å²) >= 11 is 3.50. The zero-order valence-electron chi connectivity index (χ0n) is 12.5. The molecule has 0 unspecified atom stereocenters. The molecular weight excluding hydrogens is 338 g/mol. The van der Waals surface area contributed by atoms with E-state index >= 15 is 0 Å². The van der Waals surface area contributed by atoms with Crippen LogP contribution < -0.4 is 10.6 Å². The van der Waals surface area contributed by atoms with Crippen LogP contribution in [0.25, 0.3) is 0 Å². The topological polar surface area (TPSA) is 42.1 Å². The van der Waals surface area contributed by atoms with E-state index in [-0.39, 0.29) is 11.5 Å². The van der Waals surface area contributed by atoms with Crippen molar-refractivity contribution in [1.82, 2.24) is 4.98 Å². The molecule has 4 heteroatoms. The van der Waals surface area contributed by atoms with Crippen LogP contribution in [0.3, 0.4) is 0 Å². The van der Waals surface area contributed by atoms with Crippen molar-refractivity contribution in [1.29, 1.82) is 0 Å². The summed E-state index contributed by atoms with van der Waals surface area (Å²) in [6.07, 6.45) is 5.21. The van der Waals surface area contributed by atoms with Crippen LogP contribution >= 0.6 is 15.9 Å². The molecule has 1 spiro atoms. The number of rotatable bonds is 1. The standard InChI is InChI=1S/C18H20BrN3/c19-13-3-5-14(6-4-13)22-10-7-18(8-11-22)12-16-15(17(18)20)2-1-9-21-16/h1-6,9,17H,7-8,10-12,20H2/t17-/m1/s1. The summed E-state index contributed by atoms with van der Waals surface area (Å²) < 4.78 is 1.13. The second kappa shape index (κ2) is 5.36. The van der Waals surface area contributed by atoms with Gasteiger partial charge in [-0.3, -0.25) is 4.98 Å². The average Bonchev–Trinajstić information content (AvgIpc) is 2.82. The SMILES string of the molecule is N[C@@H]1c2cccnc2CC12CCN(c1ccc(Br)cc1)CC2. The van der Waals surface area contributed by atoms with Crippen LogP contribution in [-0.4, -0.2) is 18.1 Å². The first-order chi connectivity index (χ1) is 10.7. The van der Waals surface area contributed by atoms with Gasteiger partial charge in [-0.1, -0.05) is 22.0 Å². The highest BCUT2D eigenvalue weighted by Gasteiger charge is 2.46. The summed E-state index contributed by atoms with van der Waals surface area (Å²) in [5.74, 6) is 0. The normalized spacial score (nSPS) is 22.8. The number of nitrogens with two attached hydrogens (primary N) is 1. The Morgan fingerprint density at radius 2 is 1.86 bits per heavy atom. The fourth-order valence-electron chi connectivity index (χ4n) is 4.00. The molecule has 114 valence electrons. The van der Waals surface area contributed by atoms with Crippen LogP contribution in [0.2, 0.25) is 0 Å². The van der Waals surface area contributed by atoms with Crippen molar-refractivity contribution in [2.24, 2.45) is 11.1 Å². The van der Waals surface area contributed by atoms with Crippen molar-refractivity contribution >= 4 is 21.6 Å². The van der Waals surface area contributed by atoms with Crippen molar-refractivity contribution in [3.05, 3.63) is 58.3 Å². The van der Waals surface area contributed by atoms with E-state index in [1.807, 2.05) is 12.3 Å². The predicted octanol–water partition coefficient (Wildman–Crippen LogP) is 3.69. The molecule has 22 heavy (non-hydrogen) atoms. The smallest absolute Gasteiger partial charge is 0.0457 e. The maximum atomic E-state index is 6.60. The number of halogens is 1. The number of piperidine rings is 1. The summed E-state index contributed by atoms with van der Waals surface area (Å²) in [6.45, 7) is 2.15. The van der Waals surface area contributed by atoms with Gasteiger partial charge in [0.15, 0.2) is 0 Å². The van der Waals surface area contributed by atoms with Crippen LogP contribution in [0.15, 0.2) is 47.1 Å². The molecule has 1 aliphatic carbocycles. The second-order valence-corrected chi connectivity index (χ2v) is 7.44. The van der Waals surface area contributed by atoms with Crippen molar-refractivity contribution in [2.45, 2.75) is 25.3 Å². The number of fused-ring (bicyclic) bond motifs is 1. The summed E-state index contributed by atoms with van der Waals surface area (Å²) in [5, 5.41) is 0. The number of hydrogen-bond donors (Lipinski definition) is 1. The summed E-state index contributed by atoms with van der Waals surface area (Å²) in [7, 11) is 0. The van der Waals surface area contributed by atoms with Crippen molar-refractivity contribution in [3.63, 3.8) is 0 Å². The van der Waals surface area contributed by atoms with E-state index in [9.17, 15) is 0 Å². The van der Waals surface area contributed by atoms with Gasteiger partial charge in [0, 0.05) is 41.2 Å². The largest absolute Gasteiger partial charge is 0.371 e. The fraction of sp³-hybridized carbons (Fsp3) is 0.389. The molecule has 4 rings (SSSR count). The first-order valence-corrected chi connectivity index (χ1v) is 8.67. The minimum absolute atomic E-state index is 0.142. The van der Waals surface area contributed by atoms with E-state index in [1.54, 1.807) is 0 Å². The summed E-state index contributed by atoms with van der Waals surface area (Å²) in [6, 6.07) is 12.9. The van der Waals surface area contributed by atoms with Gasteiger partial charge in [-0.2, -0.15) is 0 Å². The van der Waals surface area contributed by atoms with Crippen LogP contribution in [0.5, 0.6) is 0 Å². The lowest BCUT2D eigenvalue weighted by Gasteiger charge is -2.43. The molecule has 3 nitrogen and oxygen atoms in total. The van der Waals surface area contributed by atoms with E-state index in [2.05, 4.69) is 56.1 Å². The van der Waals surface area contributed by atoms with Crippen LogP contribution in [0, 0.1) is 5.41 Å². The zero-order valence-corrected chi connectivity index (χ0v) is 14.1. The maximum absolute atomic E-state index is 6.60. The molecule has 1 saturated heterocycles. The molecule has 0 amide bonds. The highest BCUT2D eigenvalue weighted by molar-refractivity contribution is 9.10. The molecule has 1 fully saturated rings. The Kier molecular flexibility index (Phi) is 3.46. The number of benzene rings is 1. The first-order valence-electron chi connectivity index (χ1n) is 7.88. The summed E-state index contributed by atoms with van der Waals surface area (Å²) in [4.78, 5) is 7.02. The van der Waals surface area contributed by atoms with Crippen LogP contribution in [-0.2, 0) is 6.42 Å². The quantitative estimate of drug-likeness (QED) is 0.846. The molecule has 2 N–H and O–H groups in total. The second-order valence-electron chi connectivity index (χ2n) is 6.52. The van der Waals surface area contributed by atoms with Gasteiger partial charge in [-0.15, -0.1) is 0 Å². The third-order valence-corrected chi connectivity index (χ3v) is 5.92. The highest BCUT2D eigenvalue weighted by atomic mass is 79.9. The van der Waals surface area contributed by atoms with Gasteiger partial charge in [-0.05, 0) is 60.6 Å². The van der Waals surface area contributed by atoms with E-state index in [4.69, 9.17) is 5.73 Å². The zero-order chi connectivity index (χ0) is 15.2. The third kappa shape index (κ3) is 2.25. The van der Waals surface area contributed by atoms with Crippen LogP contribution in [0.1, 0.15) is 30.1 Å². The number of hydrogen-bond acceptors (Lipinski definition) is 3. The number of anilines is 1. The minimum Gasteiger partial charge on any atom is -0.371 e. The molecule has 1 aromatic carbocycles. The lowest BCUT2D eigenvalue weighted by atomic mass is 9.73. The minimum atomic E-state index is 0.142. The Hall–Kier alpha value is -1.39. The van der Waals surface area contributed by atoms with E-state index in [0.717, 1.165) is 36.8 Å². The fourth-order valence-corrected chi connectivity index (χ4v) is 4.27. The Morgan fingerprint density at radius 1 is 1.14 bits per heavy atom. The monoisotopic (exact) mass is 357 g/mol. The molecule has 0 saturated carbocycles. The molecule has 0 radical (unpaired) electrons. The highest BCUT2D eigenvalue weighted by Crippen LogP contribution is 2.50. The number of nitrogens with zero attached hydrogens (tertiary/aromatic N) is 2. The van der Waals surface area contributed by atoms with Gasteiger partial charge in [0.25, 0.3) is 0 Å². The number of pyridine rings is 1. The van der Waals surface area contributed by atoms with Crippen molar-refractivity contribution in [2.75, 3.05) is 18.0 Å². The average molecular weight is 358 g/mol. The number of aromatic nitrogens is 1. The Labute approximate surface area is 139 Å². The molecule has 2 aliphatic rings. The molecule has 2 heterocycles. The van der Waals surface area contributed by atoms with Crippen LogP contribution in [0.4, 0.5) is 5.69 Å². The maximum Gasteiger partial charge on any atom is 0.0457 e. The molecule has 1 aromatic heterocycles. The third-order valence-electron chi connectivity index (χ3n) is 5.39.